The van der Waals surface area contributed by atoms with Crippen LogP contribution in [-0.4, -0.2) is 11.1 Å². The zero-order valence-corrected chi connectivity index (χ0v) is 18.1. The number of fused-ring (bicyclic) bond motifs is 2. The Hall–Kier alpha value is -3.29. The maximum absolute atomic E-state index is 12.0. The van der Waals surface area contributed by atoms with E-state index in [9.17, 15) is 4.79 Å². The van der Waals surface area contributed by atoms with Crippen LogP contribution in [0.3, 0.4) is 0 Å². The van der Waals surface area contributed by atoms with Crippen LogP contribution in [0, 0.1) is 0 Å². The van der Waals surface area contributed by atoms with Gasteiger partial charge in [-0.1, -0.05) is 60.3 Å². The number of nitrogens with one attached hydrogen (secondary N) is 2. The molecule has 5 nitrogen and oxygen atoms in total. The Labute approximate surface area is 188 Å². The van der Waals surface area contributed by atoms with Crippen molar-refractivity contribution in [2.75, 3.05) is 5.32 Å². The highest BCUT2D eigenvalue weighted by Crippen LogP contribution is 2.45. The Balaban J connectivity index is 1.21. The number of anilines is 2. The molecule has 4 aromatic rings. The van der Waals surface area contributed by atoms with E-state index >= 15 is 0 Å². The molecule has 31 heavy (non-hydrogen) atoms. The van der Waals surface area contributed by atoms with Crippen LogP contribution >= 0.6 is 23.1 Å². The van der Waals surface area contributed by atoms with Gasteiger partial charge in [0.2, 0.25) is 0 Å². The number of hydrogen-bond acceptors (Lipinski definition) is 6. The summed E-state index contributed by atoms with van der Waals surface area (Å²) < 4.78 is 5.25. The van der Waals surface area contributed by atoms with E-state index < -0.39 is 6.09 Å². The molecule has 1 aliphatic rings. The van der Waals surface area contributed by atoms with Crippen molar-refractivity contribution in [2.24, 2.45) is 0 Å². The second-order valence-corrected chi connectivity index (χ2v) is 9.00. The molecule has 5 rings (SSSR count). The van der Waals surface area contributed by atoms with E-state index in [2.05, 4.69) is 52.0 Å². The average Bonchev–Trinajstić information content (AvgIpc) is 3.29. The molecule has 0 unspecified atom stereocenters. The molecule has 0 aliphatic carbocycles. The number of carbonyl (C=O) groups excluding carboxylic acids is 1. The van der Waals surface area contributed by atoms with Gasteiger partial charge in [0.25, 0.3) is 0 Å². The first kappa shape index (κ1) is 19.7. The highest BCUT2D eigenvalue weighted by atomic mass is 32.2. The van der Waals surface area contributed by atoms with Gasteiger partial charge in [-0.15, -0.1) is 11.3 Å². The van der Waals surface area contributed by atoms with Crippen LogP contribution in [-0.2, 0) is 17.9 Å². The Kier molecular flexibility index (Phi) is 5.60. The summed E-state index contributed by atoms with van der Waals surface area (Å²) in [7, 11) is 0. The van der Waals surface area contributed by atoms with Crippen LogP contribution < -0.4 is 10.6 Å². The molecule has 0 saturated carbocycles. The van der Waals surface area contributed by atoms with Crippen molar-refractivity contribution in [3.63, 3.8) is 0 Å². The third kappa shape index (κ3) is 4.57. The van der Waals surface area contributed by atoms with Gasteiger partial charge in [0.05, 0.1) is 23.6 Å². The highest BCUT2D eigenvalue weighted by Gasteiger charge is 2.16. The Bertz CT molecular complexity index is 1220. The normalized spacial score (nSPS) is 11.7. The van der Waals surface area contributed by atoms with Crippen LogP contribution in [0.4, 0.5) is 16.2 Å². The molecule has 2 N–H and O–H groups in total. The minimum atomic E-state index is -0.450. The Morgan fingerprint density at radius 3 is 2.68 bits per heavy atom. The number of para-hydroxylation sites is 1. The summed E-state index contributed by atoms with van der Waals surface area (Å²) in [5.41, 5.74) is 5.09. The molecule has 0 saturated heterocycles. The minimum Gasteiger partial charge on any atom is -0.445 e. The standard InChI is InChI=1S/C24H19N3O2S2/c28-24(29-14-16-6-2-1-3-7-16)25-13-23-27-20(15-30-23)17-10-11-22-19(12-17)26-18-8-4-5-9-21(18)31-22/h1-12,15,26H,13-14H2,(H,25,28). The van der Waals surface area contributed by atoms with Crippen molar-refractivity contribution in [3.8, 4) is 11.3 Å². The number of rotatable bonds is 5. The predicted molar refractivity (Wildman–Crippen MR) is 125 cm³/mol. The zero-order chi connectivity index (χ0) is 21.0. The SMILES string of the molecule is O=C(NCc1nc(-c2ccc3c(c2)Nc2ccccc2S3)cs1)OCc1ccccc1. The number of aromatic nitrogens is 1. The third-order valence-corrected chi connectivity index (χ3v) is 6.80. The van der Waals surface area contributed by atoms with Gasteiger partial charge in [0, 0.05) is 20.7 Å². The van der Waals surface area contributed by atoms with Crippen LogP contribution in [0.15, 0.2) is 88.0 Å². The lowest BCUT2D eigenvalue weighted by Gasteiger charge is -2.21. The molecular formula is C24H19N3O2S2. The van der Waals surface area contributed by atoms with Crippen LogP contribution in [0.5, 0.6) is 0 Å². The molecule has 2 heterocycles. The molecule has 154 valence electrons. The van der Waals surface area contributed by atoms with Gasteiger partial charge in [0.1, 0.15) is 11.6 Å². The van der Waals surface area contributed by atoms with Crippen molar-refractivity contribution in [2.45, 2.75) is 22.9 Å². The first-order valence-corrected chi connectivity index (χ1v) is 11.5. The summed E-state index contributed by atoms with van der Waals surface area (Å²) in [5, 5.41) is 9.11. The van der Waals surface area contributed by atoms with E-state index in [4.69, 9.17) is 4.74 Å². The van der Waals surface area contributed by atoms with E-state index in [0.717, 1.165) is 33.2 Å². The maximum Gasteiger partial charge on any atom is 0.407 e. The number of hydrogen-bond donors (Lipinski definition) is 2. The van der Waals surface area contributed by atoms with Gasteiger partial charge >= 0.3 is 6.09 Å². The van der Waals surface area contributed by atoms with Gasteiger partial charge in [-0.25, -0.2) is 9.78 Å². The number of benzene rings is 3. The summed E-state index contributed by atoms with van der Waals surface area (Å²) >= 11 is 3.28. The van der Waals surface area contributed by atoms with Crippen molar-refractivity contribution in [1.29, 1.82) is 0 Å². The van der Waals surface area contributed by atoms with Gasteiger partial charge in [0.15, 0.2) is 0 Å². The third-order valence-electron chi connectivity index (χ3n) is 4.80. The molecule has 0 spiro atoms. The fraction of sp³-hybridized carbons (Fsp3) is 0.0833. The molecule has 7 heteroatoms. The number of alkyl carbamates (subject to hydrolysis) is 1. The Morgan fingerprint density at radius 2 is 1.77 bits per heavy atom. The largest absolute Gasteiger partial charge is 0.445 e. The molecular weight excluding hydrogens is 426 g/mol. The van der Waals surface area contributed by atoms with E-state index in [1.807, 2.05) is 41.8 Å². The quantitative estimate of drug-likeness (QED) is 0.326. The van der Waals surface area contributed by atoms with E-state index in [1.165, 1.54) is 21.1 Å². The first-order valence-electron chi connectivity index (χ1n) is 9.82. The number of thiazole rings is 1. The second kappa shape index (κ2) is 8.83. The fourth-order valence-corrected chi connectivity index (χ4v) is 4.96. The lowest BCUT2D eigenvalue weighted by atomic mass is 10.1. The monoisotopic (exact) mass is 445 g/mol. The molecule has 1 amide bonds. The van der Waals surface area contributed by atoms with Crippen molar-refractivity contribution in [1.82, 2.24) is 10.3 Å². The number of ether oxygens (including phenoxy) is 1. The minimum absolute atomic E-state index is 0.249. The molecule has 1 aliphatic heterocycles. The second-order valence-electron chi connectivity index (χ2n) is 6.98. The van der Waals surface area contributed by atoms with Gasteiger partial charge in [-0.2, -0.15) is 0 Å². The number of carbonyl (C=O) groups is 1. The van der Waals surface area contributed by atoms with E-state index in [0.29, 0.717) is 6.54 Å². The van der Waals surface area contributed by atoms with Crippen molar-refractivity contribution >= 4 is 40.6 Å². The highest BCUT2D eigenvalue weighted by molar-refractivity contribution is 7.99. The van der Waals surface area contributed by atoms with Gasteiger partial charge < -0.3 is 15.4 Å². The summed E-state index contributed by atoms with van der Waals surface area (Å²) in [6, 6.07) is 24.2. The summed E-state index contributed by atoms with van der Waals surface area (Å²) in [5.74, 6) is 0. The van der Waals surface area contributed by atoms with Gasteiger partial charge in [-0.05, 0) is 29.8 Å². The molecule has 0 atom stereocenters. The molecule has 0 radical (unpaired) electrons. The summed E-state index contributed by atoms with van der Waals surface area (Å²) in [6.45, 7) is 0.587. The molecule has 3 aromatic carbocycles. The smallest absolute Gasteiger partial charge is 0.407 e. The average molecular weight is 446 g/mol. The zero-order valence-electron chi connectivity index (χ0n) is 16.5. The van der Waals surface area contributed by atoms with E-state index in [-0.39, 0.29) is 6.61 Å². The molecule has 1 aromatic heterocycles. The summed E-state index contributed by atoms with van der Waals surface area (Å²) in [6.07, 6.45) is -0.450. The predicted octanol–water partition coefficient (Wildman–Crippen LogP) is 6.44. The lowest BCUT2D eigenvalue weighted by molar-refractivity contribution is 0.139. The molecule has 0 bridgehead atoms. The van der Waals surface area contributed by atoms with Crippen LogP contribution in [0.1, 0.15) is 10.6 Å². The van der Waals surface area contributed by atoms with E-state index in [1.54, 1.807) is 11.8 Å². The topological polar surface area (TPSA) is 63.2 Å². The Morgan fingerprint density at radius 1 is 0.968 bits per heavy atom. The maximum atomic E-state index is 12.0. The fourth-order valence-electron chi connectivity index (χ4n) is 3.25. The van der Waals surface area contributed by atoms with Crippen LogP contribution in [0.25, 0.3) is 11.3 Å². The summed E-state index contributed by atoms with van der Waals surface area (Å²) in [4.78, 5) is 19.1. The first-order chi connectivity index (χ1) is 15.2. The van der Waals surface area contributed by atoms with Crippen LogP contribution in [0.2, 0.25) is 0 Å². The van der Waals surface area contributed by atoms with Gasteiger partial charge in [-0.3, -0.25) is 0 Å². The van der Waals surface area contributed by atoms with Crippen molar-refractivity contribution < 1.29 is 9.53 Å². The number of nitrogens with zero attached hydrogens (tertiary/aromatic N) is 1. The molecule has 0 fully saturated rings. The number of amides is 1. The van der Waals surface area contributed by atoms with Crippen molar-refractivity contribution in [3.05, 3.63) is 88.7 Å². The lowest BCUT2D eigenvalue weighted by Crippen LogP contribution is -2.23.